The van der Waals surface area contributed by atoms with E-state index in [4.69, 9.17) is 14.2 Å². The van der Waals surface area contributed by atoms with Gasteiger partial charge < -0.3 is 19.5 Å². The highest BCUT2D eigenvalue weighted by Crippen LogP contribution is 2.38. The largest absolute Gasteiger partial charge is 0.493 e. The number of benzene rings is 1. The van der Waals surface area contributed by atoms with Crippen molar-refractivity contribution in [2.75, 3.05) is 21.3 Å². The molecule has 1 aliphatic carbocycles. The van der Waals surface area contributed by atoms with Crippen LogP contribution in [0.5, 0.6) is 11.5 Å². The molecule has 0 aliphatic heterocycles. The van der Waals surface area contributed by atoms with Crippen LogP contribution in [0.1, 0.15) is 31.4 Å². The lowest BCUT2D eigenvalue weighted by Crippen LogP contribution is -2.32. The molecule has 23 heavy (non-hydrogen) atoms. The van der Waals surface area contributed by atoms with Crippen LogP contribution in [0, 0.1) is 11.8 Å². The second-order valence-electron chi connectivity index (χ2n) is 5.78. The van der Waals surface area contributed by atoms with Crippen molar-refractivity contribution in [3.05, 3.63) is 23.8 Å². The van der Waals surface area contributed by atoms with Gasteiger partial charge in [-0.25, -0.2) is 0 Å². The molecule has 0 heterocycles. The molecule has 1 aromatic rings. The molecule has 0 saturated heterocycles. The van der Waals surface area contributed by atoms with Gasteiger partial charge in [-0.15, -0.1) is 0 Å². The average Bonchev–Trinajstić information content (AvgIpc) is 3.30. The van der Waals surface area contributed by atoms with Crippen molar-refractivity contribution in [3.8, 4) is 11.5 Å². The molecule has 1 aromatic carbocycles. The summed E-state index contributed by atoms with van der Waals surface area (Å²) in [6.45, 7) is 2.04. The number of rotatable bonds is 7. The first-order chi connectivity index (χ1) is 11.0. The normalized spacial score (nSPS) is 20.3. The Labute approximate surface area is 136 Å². The fraction of sp³-hybridized carbons (Fsp3) is 0.529. The number of ether oxygens (including phenoxy) is 3. The Kier molecular flexibility index (Phi) is 5.47. The number of carbonyl (C=O) groups is 2. The highest BCUT2D eigenvalue weighted by atomic mass is 16.5. The zero-order valence-electron chi connectivity index (χ0n) is 13.9. The molecular weight excluding hydrogens is 298 g/mol. The van der Waals surface area contributed by atoms with E-state index in [0.29, 0.717) is 17.4 Å². The van der Waals surface area contributed by atoms with E-state index < -0.39 is 6.04 Å². The van der Waals surface area contributed by atoms with E-state index in [-0.39, 0.29) is 24.2 Å². The van der Waals surface area contributed by atoms with Gasteiger partial charge in [-0.1, -0.05) is 13.0 Å². The maximum Gasteiger partial charge on any atom is 0.307 e. The maximum absolute atomic E-state index is 12.2. The second kappa shape index (κ2) is 7.35. The van der Waals surface area contributed by atoms with Crippen LogP contribution in [0.4, 0.5) is 0 Å². The first-order valence-electron chi connectivity index (χ1n) is 7.59. The van der Waals surface area contributed by atoms with Crippen molar-refractivity contribution in [2.45, 2.75) is 25.8 Å². The molecule has 0 spiro atoms. The molecule has 126 valence electrons. The summed E-state index contributed by atoms with van der Waals surface area (Å²) in [5.41, 5.74) is 0.773. The molecule has 6 heteroatoms. The van der Waals surface area contributed by atoms with E-state index in [2.05, 4.69) is 5.32 Å². The number of esters is 1. The number of hydrogen-bond acceptors (Lipinski definition) is 5. The summed E-state index contributed by atoms with van der Waals surface area (Å²) in [5.74, 6) is 1.17. The Morgan fingerprint density at radius 1 is 1.22 bits per heavy atom. The number of methoxy groups -OCH3 is 3. The van der Waals surface area contributed by atoms with Crippen molar-refractivity contribution >= 4 is 11.9 Å². The van der Waals surface area contributed by atoms with Gasteiger partial charge in [0.25, 0.3) is 0 Å². The summed E-state index contributed by atoms with van der Waals surface area (Å²) in [6, 6.07) is 4.88. The summed E-state index contributed by atoms with van der Waals surface area (Å²) in [5, 5.41) is 2.94. The van der Waals surface area contributed by atoms with E-state index in [1.807, 2.05) is 13.0 Å². The topological polar surface area (TPSA) is 73.9 Å². The van der Waals surface area contributed by atoms with Gasteiger partial charge in [0.2, 0.25) is 5.91 Å². The fourth-order valence-electron chi connectivity index (χ4n) is 2.54. The Bertz CT molecular complexity index is 586. The standard InChI is InChI=1S/C17H23NO5/c1-10-7-12(10)17(20)18-13(9-16(19)23-4)11-5-6-14(21-2)15(8-11)22-3/h5-6,8,10,12-13H,7,9H2,1-4H3,(H,18,20)/t10-,12-,13+/m1/s1. The van der Waals surface area contributed by atoms with E-state index in [0.717, 1.165) is 12.0 Å². The first kappa shape index (κ1) is 17.1. The third-order valence-corrected chi connectivity index (χ3v) is 4.17. The zero-order chi connectivity index (χ0) is 17.0. The minimum Gasteiger partial charge on any atom is -0.493 e. The highest BCUT2D eigenvalue weighted by molar-refractivity contribution is 5.82. The molecule has 1 N–H and O–H groups in total. The monoisotopic (exact) mass is 321 g/mol. The first-order valence-corrected chi connectivity index (χ1v) is 7.59. The van der Waals surface area contributed by atoms with Crippen LogP contribution in [0.15, 0.2) is 18.2 Å². The third-order valence-electron chi connectivity index (χ3n) is 4.17. The molecular formula is C17H23NO5. The Morgan fingerprint density at radius 2 is 1.87 bits per heavy atom. The summed E-state index contributed by atoms with van der Waals surface area (Å²) in [7, 11) is 4.43. The lowest BCUT2D eigenvalue weighted by atomic mass is 10.0. The van der Waals surface area contributed by atoms with Gasteiger partial charge in [0.05, 0.1) is 33.8 Å². The van der Waals surface area contributed by atoms with E-state index >= 15 is 0 Å². The van der Waals surface area contributed by atoms with Gasteiger partial charge >= 0.3 is 5.97 Å². The van der Waals surface area contributed by atoms with Crippen LogP contribution < -0.4 is 14.8 Å². The zero-order valence-corrected chi connectivity index (χ0v) is 13.9. The minimum absolute atomic E-state index is 0.0267. The van der Waals surface area contributed by atoms with Crippen LogP contribution >= 0.6 is 0 Å². The van der Waals surface area contributed by atoms with Crippen molar-refractivity contribution in [3.63, 3.8) is 0 Å². The second-order valence-corrected chi connectivity index (χ2v) is 5.78. The molecule has 0 aromatic heterocycles. The van der Waals surface area contributed by atoms with Crippen molar-refractivity contribution < 1.29 is 23.8 Å². The van der Waals surface area contributed by atoms with E-state index in [9.17, 15) is 9.59 Å². The molecule has 0 bridgehead atoms. The van der Waals surface area contributed by atoms with Gasteiger partial charge in [0.1, 0.15) is 0 Å². The van der Waals surface area contributed by atoms with Gasteiger partial charge in [-0.3, -0.25) is 9.59 Å². The van der Waals surface area contributed by atoms with Crippen molar-refractivity contribution in [2.24, 2.45) is 11.8 Å². The van der Waals surface area contributed by atoms with Crippen molar-refractivity contribution in [1.82, 2.24) is 5.32 Å². The number of amides is 1. The van der Waals surface area contributed by atoms with E-state index in [1.165, 1.54) is 7.11 Å². The quantitative estimate of drug-likeness (QED) is 0.778. The lowest BCUT2D eigenvalue weighted by Gasteiger charge is -2.20. The molecule has 3 atom stereocenters. The van der Waals surface area contributed by atoms with Gasteiger partial charge in [0.15, 0.2) is 11.5 Å². The molecule has 0 unspecified atom stereocenters. The third kappa shape index (κ3) is 4.15. The van der Waals surface area contributed by atoms with Crippen molar-refractivity contribution in [1.29, 1.82) is 0 Å². The van der Waals surface area contributed by atoms with Crippen LogP contribution in [0.25, 0.3) is 0 Å². The highest BCUT2D eigenvalue weighted by Gasteiger charge is 2.40. The van der Waals surface area contributed by atoms with Gasteiger partial charge in [0, 0.05) is 5.92 Å². The summed E-state index contributed by atoms with van der Waals surface area (Å²) in [6.07, 6.45) is 0.960. The number of hydrogen-bond donors (Lipinski definition) is 1. The molecule has 6 nitrogen and oxygen atoms in total. The minimum atomic E-state index is -0.456. The van der Waals surface area contributed by atoms with E-state index in [1.54, 1.807) is 26.4 Å². The van der Waals surface area contributed by atoms with Crippen LogP contribution in [0.3, 0.4) is 0 Å². The Morgan fingerprint density at radius 3 is 2.39 bits per heavy atom. The summed E-state index contributed by atoms with van der Waals surface area (Å²) >= 11 is 0. The number of carbonyl (C=O) groups excluding carboxylic acids is 2. The van der Waals surface area contributed by atoms with Crippen LogP contribution in [0.2, 0.25) is 0 Å². The average molecular weight is 321 g/mol. The molecule has 1 aliphatic rings. The SMILES string of the molecule is COC(=O)C[C@H](NC(=O)[C@@H]1C[C@H]1C)c1ccc(OC)c(OC)c1. The Hall–Kier alpha value is -2.24. The summed E-state index contributed by atoms with van der Waals surface area (Å²) < 4.78 is 15.2. The molecule has 2 rings (SSSR count). The predicted octanol–water partition coefficient (Wildman–Crippen LogP) is 2.08. The molecule has 1 saturated carbocycles. The molecule has 0 radical (unpaired) electrons. The van der Waals surface area contributed by atoms with Crippen LogP contribution in [-0.4, -0.2) is 33.2 Å². The molecule has 1 fully saturated rings. The smallest absolute Gasteiger partial charge is 0.307 e. The predicted molar refractivity (Wildman–Crippen MR) is 84.3 cm³/mol. The lowest BCUT2D eigenvalue weighted by molar-refractivity contribution is -0.141. The maximum atomic E-state index is 12.2. The van der Waals surface area contributed by atoms with Gasteiger partial charge in [-0.05, 0) is 30.0 Å². The molecule has 1 amide bonds. The fourth-order valence-corrected chi connectivity index (χ4v) is 2.54. The van der Waals surface area contributed by atoms with Gasteiger partial charge in [-0.2, -0.15) is 0 Å². The number of nitrogens with one attached hydrogen (secondary N) is 1. The summed E-state index contributed by atoms with van der Waals surface area (Å²) in [4.78, 5) is 23.9. The van der Waals surface area contributed by atoms with Crippen LogP contribution in [-0.2, 0) is 14.3 Å². The Balaban J connectivity index is 2.21.